The molecule has 1 atom stereocenters. The largest absolute Gasteiger partial charge is 0.337 e. The number of carbonyl (C=O) groups is 1. The molecular weight excluding hydrogens is 276 g/mol. The molecule has 20 heavy (non-hydrogen) atoms. The van der Waals surface area contributed by atoms with Crippen molar-refractivity contribution < 1.29 is 13.2 Å². The minimum atomic E-state index is -2.99. The predicted molar refractivity (Wildman–Crippen MR) is 78.9 cm³/mol. The van der Waals surface area contributed by atoms with Crippen LogP contribution in [0.5, 0.6) is 0 Å². The van der Waals surface area contributed by atoms with E-state index >= 15 is 0 Å². The lowest BCUT2D eigenvalue weighted by Crippen LogP contribution is -2.57. The van der Waals surface area contributed by atoms with E-state index in [9.17, 15) is 13.2 Å². The van der Waals surface area contributed by atoms with Crippen molar-refractivity contribution in [2.75, 3.05) is 24.6 Å². The van der Waals surface area contributed by atoms with Crippen molar-refractivity contribution in [2.45, 2.75) is 45.6 Å². The Morgan fingerprint density at radius 3 is 2.40 bits per heavy atom. The summed E-state index contributed by atoms with van der Waals surface area (Å²) in [5.74, 6) is 0.895. The van der Waals surface area contributed by atoms with Gasteiger partial charge in [-0.25, -0.2) is 8.42 Å². The maximum Gasteiger partial charge on any atom is 0.230 e. The highest BCUT2D eigenvalue weighted by Gasteiger charge is 2.44. The first-order chi connectivity index (χ1) is 9.30. The van der Waals surface area contributed by atoms with Crippen LogP contribution in [0.2, 0.25) is 0 Å². The summed E-state index contributed by atoms with van der Waals surface area (Å²) in [5, 5.41) is 0. The second-order valence-electron chi connectivity index (χ2n) is 6.63. The molecule has 2 fully saturated rings. The second-order valence-corrected chi connectivity index (χ2v) is 8.86. The molecule has 2 rings (SSSR count). The molecule has 1 heterocycles. The second kappa shape index (κ2) is 5.64. The van der Waals surface area contributed by atoms with E-state index in [0.717, 1.165) is 25.7 Å². The topological polar surface area (TPSA) is 80.5 Å². The van der Waals surface area contributed by atoms with Crippen LogP contribution in [0, 0.1) is 11.3 Å². The van der Waals surface area contributed by atoms with Gasteiger partial charge in [0.05, 0.1) is 16.9 Å². The van der Waals surface area contributed by atoms with Crippen LogP contribution in [0.1, 0.15) is 39.5 Å². The fourth-order valence-corrected chi connectivity index (χ4v) is 4.98. The van der Waals surface area contributed by atoms with Gasteiger partial charge in [-0.1, -0.05) is 6.92 Å². The van der Waals surface area contributed by atoms with E-state index in [1.54, 1.807) is 4.90 Å². The average Bonchev–Trinajstić information content (AvgIpc) is 2.38. The van der Waals surface area contributed by atoms with Crippen molar-refractivity contribution in [3.05, 3.63) is 0 Å². The number of sulfone groups is 1. The Kier molecular flexibility index (Phi) is 4.44. The summed E-state index contributed by atoms with van der Waals surface area (Å²) >= 11 is 0. The highest BCUT2D eigenvalue weighted by molar-refractivity contribution is 7.91. The molecule has 6 heteroatoms. The molecule has 5 nitrogen and oxygen atoms in total. The third kappa shape index (κ3) is 3.01. The smallest absolute Gasteiger partial charge is 0.230 e. The molecule has 0 aromatic carbocycles. The van der Waals surface area contributed by atoms with E-state index in [4.69, 9.17) is 5.73 Å². The van der Waals surface area contributed by atoms with E-state index in [-0.39, 0.29) is 23.5 Å². The zero-order valence-corrected chi connectivity index (χ0v) is 13.3. The van der Waals surface area contributed by atoms with Crippen molar-refractivity contribution in [1.29, 1.82) is 0 Å². The molecule has 0 aromatic heterocycles. The van der Waals surface area contributed by atoms with Crippen LogP contribution < -0.4 is 5.73 Å². The van der Waals surface area contributed by atoms with Gasteiger partial charge in [0.1, 0.15) is 0 Å². The third-order valence-electron chi connectivity index (χ3n) is 5.01. The fraction of sp³-hybridized carbons (Fsp3) is 0.929. The average molecular weight is 302 g/mol. The maximum absolute atomic E-state index is 12.9. The SMILES string of the molecule is CC1CCC(CN)(C(=O)N2CCS(=O)(=O)CC2C)CC1. The molecule has 0 spiro atoms. The first-order valence-corrected chi connectivity index (χ1v) is 9.33. The van der Waals surface area contributed by atoms with Crippen molar-refractivity contribution in [3.8, 4) is 0 Å². The predicted octanol–water partition coefficient (Wildman–Crippen LogP) is 0.787. The third-order valence-corrected chi connectivity index (χ3v) is 6.80. The molecule has 1 saturated heterocycles. The summed E-state index contributed by atoms with van der Waals surface area (Å²) in [7, 11) is -2.99. The van der Waals surface area contributed by atoms with Gasteiger partial charge in [0.15, 0.2) is 9.84 Å². The van der Waals surface area contributed by atoms with Crippen LogP contribution >= 0.6 is 0 Å². The van der Waals surface area contributed by atoms with E-state index in [0.29, 0.717) is 19.0 Å². The zero-order chi connectivity index (χ0) is 15.0. The van der Waals surface area contributed by atoms with Gasteiger partial charge in [0.25, 0.3) is 0 Å². The van der Waals surface area contributed by atoms with Crippen LogP contribution in [0.4, 0.5) is 0 Å². The summed E-state index contributed by atoms with van der Waals surface area (Å²) in [6.45, 7) is 4.72. The van der Waals surface area contributed by atoms with Gasteiger partial charge in [-0.05, 0) is 38.5 Å². The van der Waals surface area contributed by atoms with Crippen LogP contribution in [-0.2, 0) is 14.6 Å². The Hall–Kier alpha value is -0.620. The highest BCUT2D eigenvalue weighted by atomic mass is 32.2. The Balaban J connectivity index is 2.13. The Labute approximate surface area is 121 Å². The van der Waals surface area contributed by atoms with E-state index in [1.165, 1.54) is 0 Å². The molecule has 0 aromatic rings. The van der Waals surface area contributed by atoms with E-state index in [2.05, 4.69) is 6.92 Å². The normalized spacial score (nSPS) is 37.6. The summed E-state index contributed by atoms with van der Waals surface area (Å²) in [4.78, 5) is 14.6. The zero-order valence-electron chi connectivity index (χ0n) is 12.5. The quantitative estimate of drug-likeness (QED) is 0.817. The number of hydrogen-bond donors (Lipinski definition) is 1. The lowest BCUT2D eigenvalue weighted by Gasteiger charge is -2.43. The molecule has 0 radical (unpaired) electrons. The fourth-order valence-electron chi connectivity index (χ4n) is 3.42. The number of hydrogen-bond acceptors (Lipinski definition) is 4. The molecular formula is C14H26N2O3S. The number of carbonyl (C=O) groups excluding carboxylic acids is 1. The van der Waals surface area contributed by atoms with Crippen molar-refractivity contribution >= 4 is 15.7 Å². The molecule has 1 saturated carbocycles. The lowest BCUT2D eigenvalue weighted by molar-refractivity contribution is -0.145. The van der Waals surface area contributed by atoms with Crippen LogP contribution in [0.15, 0.2) is 0 Å². The van der Waals surface area contributed by atoms with Crippen LogP contribution in [0.25, 0.3) is 0 Å². The minimum absolute atomic E-state index is 0.0781. The number of amides is 1. The maximum atomic E-state index is 12.9. The molecule has 116 valence electrons. The van der Waals surface area contributed by atoms with Gasteiger partial charge < -0.3 is 10.6 Å². The van der Waals surface area contributed by atoms with Gasteiger partial charge in [-0.15, -0.1) is 0 Å². The number of nitrogens with zero attached hydrogens (tertiary/aromatic N) is 1. The minimum Gasteiger partial charge on any atom is -0.337 e. The number of rotatable bonds is 2. The summed E-state index contributed by atoms with van der Waals surface area (Å²) < 4.78 is 23.3. The van der Waals surface area contributed by atoms with Gasteiger partial charge in [0.2, 0.25) is 5.91 Å². The van der Waals surface area contributed by atoms with Crippen molar-refractivity contribution in [2.24, 2.45) is 17.1 Å². The molecule has 1 aliphatic carbocycles. The first-order valence-electron chi connectivity index (χ1n) is 7.51. The Bertz CT molecular complexity index is 467. The van der Waals surface area contributed by atoms with Gasteiger partial charge in [-0.2, -0.15) is 0 Å². The van der Waals surface area contributed by atoms with Gasteiger partial charge >= 0.3 is 0 Å². The highest BCUT2D eigenvalue weighted by Crippen LogP contribution is 2.40. The first kappa shape index (κ1) is 15.8. The lowest BCUT2D eigenvalue weighted by atomic mass is 9.70. The summed E-state index contributed by atoms with van der Waals surface area (Å²) in [5.41, 5.74) is 5.47. The van der Waals surface area contributed by atoms with E-state index < -0.39 is 15.3 Å². The van der Waals surface area contributed by atoms with Crippen LogP contribution in [-0.4, -0.2) is 49.9 Å². The Morgan fingerprint density at radius 1 is 1.30 bits per heavy atom. The van der Waals surface area contributed by atoms with Crippen LogP contribution in [0.3, 0.4) is 0 Å². The standard InChI is InChI=1S/C14H26N2O3S/c1-11-3-5-14(10-15,6-4-11)13(17)16-7-8-20(18,19)9-12(16)2/h11-12H,3-10,15H2,1-2H3. The molecule has 0 bridgehead atoms. The van der Waals surface area contributed by atoms with Crippen molar-refractivity contribution in [1.82, 2.24) is 4.90 Å². The Morgan fingerprint density at radius 2 is 1.90 bits per heavy atom. The summed E-state index contributed by atoms with van der Waals surface area (Å²) in [6, 6.07) is -0.232. The van der Waals surface area contributed by atoms with E-state index in [1.807, 2.05) is 6.92 Å². The molecule has 1 aliphatic heterocycles. The summed E-state index contributed by atoms with van der Waals surface area (Å²) in [6.07, 6.45) is 3.73. The number of nitrogens with two attached hydrogens (primary N) is 1. The van der Waals surface area contributed by atoms with Crippen molar-refractivity contribution in [3.63, 3.8) is 0 Å². The molecule has 1 unspecified atom stereocenters. The van der Waals surface area contributed by atoms with Gasteiger partial charge in [0, 0.05) is 19.1 Å². The monoisotopic (exact) mass is 302 g/mol. The molecule has 2 N–H and O–H groups in total. The molecule has 1 amide bonds. The molecule has 2 aliphatic rings. The van der Waals surface area contributed by atoms with Gasteiger partial charge in [-0.3, -0.25) is 4.79 Å².